The first kappa shape index (κ1) is 23.1. The molecule has 1 aromatic heterocycles. The van der Waals surface area contributed by atoms with Crippen molar-refractivity contribution in [2.45, 2.75) is 25.3 Å². The Kier molecular flexibility index (Phi) is 6.27. The van der Waals surface area contributed by atoms with E-state index in [-0.39, 0.29) is 17.7 Å². The first-order valence-corrected chi connectivity index (χ1v) is 11.5. The number of carbonyl (C=O) groups excluding carboxylic acids is 2. The van der Waals surface area contributed by atoms with E-state index in [2.05, 4.69) is 15.1 Å². The number of piperazine rings is 1. The van der Waals surface area contributed by atoms with Gasteiger partial charge in [-0.05, 0) is 30.5 Å². The number of carbonyl (C=O) groups is 2. The van der Waals surface area contributed by atoms with Crippen molar-refractivity contribution in [2.24, 2.45) is 5.10 Å². The van der Waals surface area contributed by atoms with E-state index < -0.39 is 29.4 Å². The molecule has 1 aromatic carbocycles. The molecule has 0 spiro atoms. The van der Waals surface area contributed by atoms with Crippen molar-refractivity contribution in [3.63, 3.8) is 0 Å². The van der Waals surface area contributed by atoms with Crippen LogP contribution in [0.2, 0.25) is 0 Å². The molecule has 2 fully saturated rings. The highest BCUT2D eigenvalue weighted by Crippen LogP contribution is 2.30. The number of nitrogens with zero attached hydrogens (tertiary/aromatic N) is 7. The highest BCUT2D eigenvalue weighted by Gasteiger charge is 2.34. The molecule has 5 rings (SSSR count). The summed E-state index contributed by atoms with van der Waals surface area (Å²) in [6.07, 6.45) is 4.68. The first-order chi connectivity index (χ1) is 16.9. The lowest BCUT2D eigenvalue weighted by Crippen LogP contribution is -2.52. The van der Waals surface area contributed by atoms with Crippen LogP contribution in [0.3, 0.4) is 0 Å². The van der Waals surface area contributed by atoms with Crippen LogP contribution in [0, 0.1) is 17.5 Å². The van der Waals surface area contributed by atoms with E-state index >= 15 is 0 Å². The second-order valence-electron chi connectivity index (χ2n) is 8.72. The summed E-state index contributed by atoms with van der Waals surface area (Å²) in [7, 11) is 0. The van der Waals surface area contributed by atoms with Crippen molar-refractivity contribution in [2.75, 3.05) is 44.2 Å². The van der Waals surface area contributed by atoms with Gasteiger partial charge in [0, 0.05) is 58.0 Å². The minimum Gasteiger partial charge on any atom is -0.337 e. The zero-order valence-corrected chi connectivity index (χ0v) is 18.9. The number of anilines is 1. The molecule has 35 heavy (non-hydrogen) atoms. The molecule has 0 bridgehead atoms. The van der Waals surface area contributed by atoms with Crippen LogP contribution in [-0.4, -0.2) is 82.2 Å². The molecule has 12 heteroatoms. The average Bonchev–Trinajstić information content (AvgIpc) is 3.56. The SMILES string of the molecule is O=C(c1nc(N2CCN(C(=O)N3N=CC[C@H]3c3cc(F)cc(F)c3)CC2)ncc1F)N1CCCC1. The zero-order valence-electron chi connectivity index (χ0n) is 18.9. The Balaban J connectivity index is 1.25. The molecule has 3 amide bonds. The van der Waals surface area contributed by atoms with Gasteiger partial charge in [-0.25, -0.2) is 32.9 Å². The summed E-state index contributed by atoms with van der Waals surface area (Å²) in [5, 5.41) is 5.37. The fourth-order valence-electron chi connectivity index (χ4n) is 4.62. The van der Waals surface area contributed by atoms with Gasteiger partial charge in [0.25, 0.3) is 5.91 Å². The van der Waals surface area contributed by atoms with Crippen molar-refractivity contribution >= 4 is 24.1 Å². The second kappa shape index (κ2) is 9.51. The molecule has 0 N–H and O–H groups in total. The van der Waals surface area contributed by atoms with Crippen LogP contribution < -0.4 is 4.90 Å². The lowest BCUT2D eigenvalue weighted by atomic mass is 10.0. The van der Waals surface area contributed by atoms with Gasteiger partial charge in [0.05, 0.1) is 12.2 Å². The number of amides is 3. The van der Waals surface area contributed by atoms with Gasteiger partial charge in [0.15, 0.2) is 11.5 Å². The lowest BCUT2D eigenvalue weighted by Gasteiger charge is -2.37. The number of hydrogen-bond donors (Lipinski definition) is 0. The highest BCUT2D eigenvalue weighted by atomic mass is 19.1. The molecule has 2 aromatic rings. The van der Waals surface area contributed by atoms with E-state index in [0.29, 0.717) is 51.3 Å². The van der Waals surface area contributed by atoms with E-state index in [0.717, 1.165) is 25.1 Å². The fourth-order valence-corrected chi connectivity index (χ4v) is 4.62. The van der Waals surface area contributed by atoms with Crippen LogP contribution in [0.15, 0.2) is 29.5 Å². The molecule has 0 saturated carbocycles. The van der Waals surface area contributed by atoms with Crippen molar-refractivity contribution in [1.29, 1.82) is 0 Å². The quantitative estimate of drug-likeness (QED) is 0.665. The second-order valence-corrected chi connectivity index (χ2v) is 8.72. The van der Waals surface area contributed by atoms with Gasteiger partial charge in [0.2, 0.25) is 5.95 Å². The third kappa shape index (κ3) is 4.64. The van der Waals surface area contributed by atoms with E-state index in [9.17, 15) is 22.8 Å². The van der Waals surface area contributed by atoms with Gasteiger partial charge in [-0.2, -0.15) is 5.10 Å². The molecule has 0 unspecified atom stereocenters. The zero-order chi connectivity index (χ0) is 24.5. The monoisotopic (exact) mass is 487 g/mol. The predicted octanol–water partition coefficient (Wildman–Crippen LogP) is 2.80. The lowest BCUT2D eigenvalue weighted by molar-refractivity contribution is 0.0781. The molecule has 3 aliphatic rings. The Bertz CT molecular complexity index is 1140. The third-order valence-electron chi connectivity index (χ3n) is 6.46. The largest absolute Gasteiger partial charge is 0.341 e. The predicted molar refractivity (Wildman–Crippen MR) is 120 cm³/mol. The molecule has 184 valence electrons. The summed E-state index contributed by atoms with van der Waals surface area (Å²) in [5.74, 6) is -2.40. The number of aromatic nitrogens is 2. The van der Waals surface area contributed by atoms with Crippen LogP contribution in [-0.2, 0) is 0 Å². The maximum absolute atomic E-state index is 14.3. The molecule has 2 saturated heterocycles. The van der Waals surface area contributed by atoms with E-state index in [1.807, 2.05) is 0 Å². The van der Waals surface area contributed by atoms with E-state index in [1.165, 1.54) is 17.1 Å². The van der Waals surface area contributed by atoms with Crippen LogP contribution in [0.4, 0.5) is 23.9 Å². The van der Waals surface area contributed by atoms with Crippen molar-refractivity contribution in [1.82, 2.24) is 24.8 Å². The molecule has 1 atom stereocenters. The van der Waals surface area contributed by atoms with Gasteiger partial charge in [-0.15, -0.1) is 0 Å². The minimum absolute atomic E-state index is 0.230. The Hall–Kier alpha value is -3.70. The molecular formula is C23H24F3N7O2. The third-order valence-corrected chi connectivity index (χ3v) is 6.46. The highest BCUT2D eigenvalue weighted by molar-refractivity contribution is 5.93. The van der Waals surface area contributed by atoms with Gasteiger partial charge < -0.3 is 14.7 Å². The van der Waals surface area contributed by atoms with Gasteiger partial charge in [-0.1, -0.05) is 0 Å². The molecule has 3 aliphatic heterocycles. The number of hydrazone groups is 1. The summed E-state index contributed by atoms with van der Waals surface area (Å²) < 4.78 is 41.7. The van der Waals surface area contributed by atoms with E-state index in [1.54, 1.807) is 20.9 Å². The average molecular weight is 487 g/mol. The number of benzene rings is 1. The Morgan fingerprint density at radius 2 is 1.57 bits per heavy atom. The Morgan fingerprint density at radius 1 is 0.886 bits per heavy atom. The maximum Gasteiger partial charge on any atom is 0.341 e. The van der Waals surface area contributed by atoms with Crippen LogP contribution in [0.5, 0.6) is 0 Å². The van der Waals surface area contributed by atoms with E-state index in [4.69, 9.17) is 0 Å². The van der Waals surface area contributed by atoms with Gasteiger partial charge in [-0.3, -0.25) is 4.79 Å². The van der Waals surface area contributed by atoms with Crippen molar-refractivity contribution in [3.8, 4) is 0 Å². The van der Waals surface area contributed by atoms with Gasteiger partial charge in [0.1, 0.15) is 11.6 Å². The first-order valence-electron chi connectivity index (χ1n) is 11.5. The summed E-state index contributed by atoms with van der Waals surface area (Å²) in [6, 6.07) is 2.22. The number of likely N-dealkylation sites (tertiary alicyclic amines) is 1. The minimum atomic E-state index is -0.758. The van der Waals surface area contributed by atoms with Crippen molar-refractivity contribution in [3.05, 3.63) is 53.1 Å². The molecular weight excluding hydrogens is 463 g/mol. The summed E-state index contributed by atoms with van der Waals surface area (Å²) >= 11 is 0. The molecule has 4 heterocycles. The fraction of sp³-hybridized carbons (Fsp3) is 0.435. The maximum atomic E-state index is 14.3. The molecule has 9 nitrogen and oxygen atoms in total. The number of halogens is 3. The normalized spacial score (nSPS) is 20.1. The molecule has 0 radical (unpaired) electrons. The van der Waals surface area contributed by atoms with Crippen LogP contribution >= 0.6 is 0 Å². The summed E-state index contributed by atoms with van der Waals surface area (Å²) in [5.41, 5.74) is 0.0916. The van der Waals surface area contributed by atoms with Crippen LogP contribution in [0.1, 0.15) is 41.4 Å². The summed E-state index contributed by atoms with van der Waals surface area (Å²) in [6.45, 7) is 2.52. The smallest absolute Gasteiger partial charge is 0.337 e. The Morgan fingerprint density at radius 3 is 2.26 bits per heavy atom. The topological polar surface area (TPSA) is 85.2 Å². The standard InChI is InChI=1S/C23H24F3N7O2/c24-16-11-15(12-17(25)13-16)19-3-4-28-33(19)23(35)32-9-7-31(8-10-32)22-27-14-18(26)20(29-22)21(34)30-5-1-2-6-30/h4,11-14,19H,1-3,5-10H2/t19-/m0/s1. The summed E-state index contributed by atoms with van der Waals surface area (Å²) in [4.78, 5) is 39.0. The number of urea groups is 1. The van der Waals surface area contributed by atoms with Crippen molar-refractivity contribution < 1.29 is 22.8 Å². The van der Waals surface area contributed by atoms with Gasteiger partial charge >= 0.3 is 6.03 Å². The molecule has 0 aliphatic carbocycles. The van der Waals surface area contributed by atoms with Crippen LogP contribution in [0.25, 0.3) is 0 Å². The number of hydrogen-bond acceptors (Lipinski definition) is 6. The number of rotatable bonds is 3. The Labute approximate surface area is 199 Å².